The lowest BCUT2D eigenvalue weighted by atomic mass is 10.2. The van der Waals surface area contributed by atoms with Gasteiger partial charge in [-0.15, -0.1) is 0 Å². The molecular weight excluding hydrogens is 414 g/mol. The number of carbonyl (C=O) groups is 2. The van der Waals surface area contributed by atoms with Crippen LogP contribution in [0.1, 0.15) is 32.8 Å². The van der Waals surface area contributed by atoms with Crippen molar-refractivity contribution in [1.82, 2.24) is 4.90 Å². The molecule has 1 aromatic carbocycles. The molecule has 0 aromatic heterocycles. The van der Waals surface area contributed by atoms with Crippen LogP contribution in [0.3, 0.4) is 0 Å². The van der Waals surface area contributed by atoms with Crippen molar-refractivity contribution in [2.75, 3.05) is 20.3 Å². The topological polar surface area (TPSA) is 65.1 Å². The molecule has 1 amide bonds. The first-order chi connectivity index (χ1) is 12.7. The summed E-state index contributed by atoms with van der Waals surface area (Å²) in [7, 11) is 1.30. The van der Waals surface area contributed by atoms with Gasteiger partial charge < -0.3 is 14.2 Å². The molecule has 1 aliphatic heterocycles. The Morgan fingerprint density at radius 1 is 1.30 bits per heavy atom. The largest absolute Gasteiger partial charge is 0.467 e. The van der Waals surface area contributed by atoms with E-state index >= 15 is 0 Å². The van der Waals surface area contributed by atoms with Crippen molar-refractivity contribution in [3.63, 3.8) is 0 Å². The monoisotopic (exact) mass is 437 g/mol. The van der Waals surface area contributed by atoms with E-state index in [4.69, 9.17) is 14.2 Å². The summed E-state index contributed by atoms with van der Waals surface area (Å²) >= 11 is 3.44. The van der Waals surface area contributed by atoms with E-state index < -0.39 is 23.7 Å². The quantitative estimate of drug-likeness (QED) is 0.535. The summed E-state index contributed by atoms with van der Waals surface area (Å²) < 4.78 is 16.9. The van der Waals surface area contributed by atoms with E-state index in [1.54, 1.807) is 20.8 Å². The third-order valence-electron chi connectivity index (χ3n) is 3.85. The van der Waals surface area contributed by atoms with Gasteiger partial charge in [-0.3, -0.25) is 4.90 Å². The van der Waals surface area contributed by atoms with E-state index in [0.29, 0.717) is 6.42 Å². The van der Waals surface area contributed by atoms with Gasteiger partial charge in [0.15, 0.2) is 0 Å². The third kappa shape index (κ3) is 6.26. The van der Waals surface area contributed by atoms with E-state index in [1.807, 2.05) is 24.3 Å². The molecular formula is C20H24BrNO5. The van der Waals surface area contributed by atoms with Crippen molar-refractivity contribution in [3.05, 3.63) is 34.3 Å². The number of esters is 1. The van der Waals surface area contributed by atoms with Gasteiger partial charge in [-0.05, 0) is 48.8 Å². The first kappa shape index (κ1) is 21.3. The number of halogens is 1. The number of nitrogens with zero attached hydrogens (tertiary/aromatic N) is 1. The maximum atomic E-state index is 12.4. The molecule has 146 valence electrons. The number of hydrogen-bond acceptors (Lipinski definition) is 5. The SMILES string of the molecule is COC(=O)[C@@H]1C[C@@H](OCC#Cc2ccccc2Br)CN1C(=O)OC(C)(C)C. The average Bonchev–Trinajstić information content (AvgIpc) is 3.02. The molecule has 27 heavy (non-hydrogen) atoms. The number of hydrogen-bond donors (Lipinski definition) is 0. The molecule has 0 saturated carbocycles. The first-order valence-electron chi connectivity index (χ1n) is 8.63. The molecule has 0 unspecified atom stereocenters. The van der Waals surface area contributed by atoms with E-state index in [1.165, 1.54) is 12.0 Å². The zero-order valence-electron chi connectivity index (χ0n) is 16.0. The van der Waals surface area contributed by atoms with Crippen LogP contribution in [0.5, 0.6) is 0 Å². The lowest BCUT2D eigenvalue weighted by molar-refractivity contribution is -0.145. The highest BCUT2D eigenvalue weighted by Crippen LogP contribution is 2.24. The van der Waals surface area contributed by atoms with Gasteiger partial charge in [-0.1, -0.05) is 24.0 Å². The summed E-state index contributed by atoms with van der Waals surface area (Å²) in [5.74, 6) is 5.50. The molecule has 0 bridgehead atoms. The predicted octanol–water partition coefficient (Wildman–Crippen LogP) is 3.37. The molecule has 0 N–H and O–H groups in total. The van der Waals surface area contributed by atoms with Crippen LogP contribution >= 0.6 is 15.9 Å². The van der Waals surface area contributed by atoms with Crippen LogP contribution < -0.4 is 0 Å². The predicted molar refractivity (Wildman–Crippen MR) is 104 cm³/mol. The Hall–Kier alpha value is -2.04. The number of amides is 1. The molecule has 0 radical (unpaired) electrons. The molecule has 0 spiro atoms. The van der Waals surface area contributed by atoms with Gasteiger partial charge in [0, 0.05) is 16.5 Å². The van der Waals surface area contributed by atoms with Crippen LogP contribution in [0.4, 0.5) is 4.79 Å². The summed E-state index contributed by atoms with van der Waals surface area (Å²) in [4.78, 5) is 25.8. The summed E-state index contributed by atoms with van der Waals surface area (Å²) in [5, 5.41) is 0. The minimum atomic E-state index is -0.717. The Bertz CT molecular complexity index is 747. The first-order valence-corrected chi connectivity index (χ1v) is 9.43. The van der Waals surface area contributed by atoms with E-state index in [-0.39, 0.29) is 19.3 Å². The zero-order valence-corrected chi connectivity index (χ0v) is 17.5. The fourth-order valence-corrected chi connectivity index (χ4v) is 3.04. The average molecular weight is 438 g/mol. The third-order valence-corrected chi connectivity index (χ3v) is 4.54. The summed E-state index contributed by atoms with van der Waals surface area (Å²) in [6.07, 6.45) is -0.513. The molecule has 1 aliphatic rings. The molecule has 1 aromatic rings. The summed E-state index contributed by atoms with van der Waals surface area (Å²) in [6, 6.07) is 6.94. The maximum absolute atomic E-state index is 12.4. The van der Waals surface area contributed by atoms with E-state index in [9.17, 15) is 9.59 Å². The van der Waals surface area contributed by atoms with Crippen LogP contribution in [-0.2, 0) is 19.0 Å². The molecule has 1 heterocycles. The maximum Gasteiger partial charge on any atom is 0.411 e. The van der Waals surface area contributed by atoms with Crippen molar-refractivity contribution in [1.29, 1.82) is 0 Å². The number of benzene rings is 1. The van der Waals surface area contributed by atoms with Crippen LogP contribution in [0.2, 0.25) is 0 Å². The summed E-state index contributed by atoms with van der Waals surface area (Å²) in [6.45, 7) is 5.78. The Balaban J connectivity index is 1.98. The zero-order chi connectivity index (χ0) is 20.0. The van der Waals surface area contributed by atoms with Crippen molar-refractivity contribution in [2.45, 2.75) is 44.9 Å². The highest BCUT2D eigenvalue weighted by molar-refractivity contribution is 9.10. The van der Waals surface area contributed by atoms with Crippen LogP contribution in [0.25, 0.3) is 0 Å². The molecule has 1 fully saturated rings. The van der Waals surface area contributed by atoms with Crippen molar-refractivity contribution in [2.24, 2.45) is 0 Å². The molecule has 2 atom stereocenters. The Labute approximate surface area is 168 Å². The van der Waals surface area contributed by atoms with Gasteiger partial charge in [0.1, 0.15) is 18.2 Å². The summed E-state index contributed by atoms with van der Waals surface area (Å²) in [5.41, 5.74) is 0.223. The lowest BCUT2D eigenvalue weighted by Gasteiger charge is -2.27. The van der Waals surface area contributed by atoms with Gasteiger partial charge in [0.05, 0.1) is 19.8 Å². The van der Waals surface area contributed by atoms with Gasteiger partial charge in [0.2, 0.25) is 0 Å². The Morgan fingerprint density at radius 3 is 2.63 bits per heavy atom. The highest BCUT2D eigenvalue weighted by Gasteiger charge is 2.42. The second kappa shape index (κ2) is 9.25. The van der Waals surface area contributed by atoms with E-state index in [2.05, 4.69) is 27.8 Å². The number of ether oxygens (including phenoxy) is 3. The molecule has 2 rings (SSSR count). The number of likely N-dealkylation sites (tertiary alicyclic amines) is 1. The number of methoxy groups -OCH3 is 1. The number of carbonyl (C=O) groups excluding carboxylic acids is 2. The van der Waals surface area contributed by atoms with Gasteiger partial charge >= 0.3 is 12.1 Å². The normalized spacial score (nSPS) is 19.2. The van der Waals surface area contributed by atoms with Crippen molar-refractivity contribution in [3.8, 4) is 11.8 Å². The smallest absolute Gasteiger partial charge is 0.411 e. The number of rotatable bonds is 3. The Kier molecular flexibility index (Phi) is 7.28. The molecule has 0 aliphatic carbocycles. The Morgan fingerprint density at radius 2 is 2.00 bits per heavy atom. The van der Waals surface area contributed by atoms with E-state index in [0.717, 1.165) is 10.0 Å². The van der Waals surface area contributed by atoms with Crippen molar-refractivity contribution < 1.29 is 23.8 Å². The highest BCUT2D eigenvalue weighted by atomic mass is 79.9. The molecule has 6 nitrogen and oxygen atoms in total. The van der Waals surface area contributed by atoms with Crippen LogP contribution in [-0.4, -0.2) is 55.0 Å². The van der Waals surface area contributed by atoms with Gasteiger partial charge in [-0.2, -0.15) is 0 Å². The second-order valence-electron chi connectivity index (χ2n) is 7.12. The standard InChI is InChI=1S/C20H24BrNO5/c1-20(2,3)27-19(24)22-13-15(12-17(22)18(23)25-4)26-11-7-9-14-8-5-6-10-16(14)21/h5-6,8,10,15,17H,11-13H2,1-4H3/t15-,17+/m1/s1. The minimum absolute atomic E-state index is 0.196. The fourth-order valence-electron chi connectivity index (χ4n) is 2.65. The van der Waals surface area contributed by atoms with Gasteiger partial charge in [0.25, 0.3) is 0 Å². The minimum Gasteiger partial charge on any atom is -0.467 e. The second-order valence-corrected chi connectivity index (χ2v) is 7.98. The van der Waals surface area contributed by atoms with Crippen molar-refractivity contribution >= 4 is 28.0 Å². The molecule has 1 saturated heterocycles. The lowest BCUT2D eigenvalue weighted by Crippen LogP contribution is -2.44. The van der Waals surface area contributed by atoms with Crippen LogP contribution in [0.15, 0.2) is 28.7 Å². The van der Waals surface area contributed by atoms with Gasteiger partial charge in [-0.25, -0.2) is 9.59 Å². The fraction of sp³-hybridized carbons (Fsp3) is 0.500. The molecule has 7 heteroatoms. The van der Waals surface area contributed by atoms with Crippen LogP contribution in [0, 0.1) is 11.8 Å².